The van der Waals surface area contributed by atoms with E-state index in [0.29, 0.717) is 0 Å². The lowest BCUT2D eigenvalue weighted by Gasteiger charge is -2.39. The summed E-state index contributed by atoms with van der Waals surface area (Å²) in [6.45, 7) is 0. The molecule has 7 aromatic carbocycles. The molecule has 200 valence electrons. The van der Waals surface area contributed by atoms with E-state index in [4.69, 9.17) is 9.15 Å². The SMILES string of the molecule is c1ccc(C23c4ccc(-c5cccc6c5oc5c7ccccc7ccc65)cc4Oc4cccc(c42)-c2ccccc23)cc1. The number of hydrogen-bond donors (Lipinski definition) is 0. The van der Waals surface area contributed by atoms with E-state index in [-0.39, 0.29) is 0 Å². The van der Waals surface area contributed by atoms with Gasteiger partial charge < -0.3 is 9.15 Å². The maximum Gasteiger partial charge on any atom is 0.143 e. The van der Waals surface area contributed by atoms with E-state index in [2.05, 4.69) is 146 Å². The topological polar surface area (TPSA) is 22.4 Å². The fourth-order valence-electron chi connectivity index (χ4n) is 7.79. The lowest BCUT2D eigenvalue weighted by atomic mass is 9.66. The summed E-state index contributed by atoms with van der Waals surface area (Å²) in [6.07, 6.45) is 0. The van der Waals surface area contributed by atoms with E-state index in [9.17, 15) is 0 Å². The molecule has 2 nitrogen and oxygen atoms in total. The molecule has 2 heterocycles. The molecule has 1 aliphatic carbocycles. The van der Waals surface area contributed by atoms with E-state index in [1.165, 1.54) is 33.2 Å². The van der Waals surface area contributed by atoms with Crippen LogP contribution in [0.1, 0.15) is 22.3 Å². The van der Waals surface area contributed by atoms with Crippen molar-refractivity contribution in [1.82, 2.24) is 0 Å². The molecule has 10 rings (SSSR count). The van der Waals surface area contributed by atoms with E-state index < -0.39 is 5.41 Å². The molecule has 8 aromatic rings. The molecule has 2 heteroatoms. The predicted molar refractivity (Wildman–Crippen MR) is 174 cm³/mol. The third kappa shape index (κ3) is 2.88. The van der Waals surface area contributed by atoms with Gasteiger partial charge in [-0.2, -0.15) is 0 Å². The van der Waals surface area contributed by atoms with Crippen LogP contribution in [0.3, 0.4) is 0 Å². The highest BCUT2D eigenvalue weighted by atomic mass is 16.5. The van der Waals surface area contributed by atoms with Crippen molar-refractivity contribution >= 4 is 32.7 Å². The minimum absolute atomic E-state index is 0.458. The Kier molecular flexibility index (Phi) is 4.41. The summed E-state index contributed by atoms with van der Waals surface area (Å²) in [4.78, 5) is 0. The lowest BCUT2D eigenvalue weighted by molar-refractivity contribution is 0.438. The summed E-state index contributed by atoms with van der Waals surface area (Å²) in [6, 6.07) is 52.1. The van der Waals surface area contributed by atoms with E-state index in [1.807, 2.05) is 0 Å². The number of ether oxygens (including phenoxy) is 1. The third-order valence-electron chi connectivity index (χ3n) is 9.53. The molecular formula is C41H24O2. The van der Waals surface area contributed by atoms with Crippen molar-refractivity contribution in [2.45, 2.75) is 5.41 Å². The molecule has 1 aromatic heterocycles. The highest BCUT2D eigenvalue weighted by Crippen LogP contribution is 2.63. The fraction of sp³-hybridized carbons (Fsp3) is 0.0244. The zero-order valence-electron chi connectivity index (χ0n) is 23.2. The van der Waals surface area contributed by atoms with Crippen molar-refractivity contribution in [3.63, 3.8) is 0 Å². The maximum atomic E-state index is 6.81. The summed E-state index contributed by atoms with van der Waals surface area (Å²) >= 11 is 0. The van der Waals surface area contributed by atoms with E-state index in [1.54, 1.807) is 0 Å². The molecular weight excluding hydrogens is 524 g/mol. The number of rotatable bonds is 2. The maximum absolute atomic E-state index is 6.81. The summed E-state index contributed by atoms with van der Waals surface area (Å²) < 4.78 is 13.5. The number of benzene rings is 7. The summed E-state index contributed by atoms with van der Waals surface area (Å²) in [5, 5.41) is 4.57. The van der Waals surface area contributed by atoms with Gasteiger partial charge in [0.15, 0.2) is 0 Å². The Balaban J connectivity index is 1.25. The average molecular weight is 549 g/mol. The van der Waals surface area contributed by atoms with Crippen molar-refractivity contribution < 1.29 is 9.15 Å². The molecule has 1 aliphatic heterocycles. The molecule has 0 bridgehead atoms. The second-order valence-electron chi connectivity index (χ2n) is 11.6. The third-order valence-corrected chi connectivity index (χ3v) is 9.53. The van der Waals surface area contributed by atoms with Gasteiger partial charge in [-0.05, 0) is 51.4 Å². The van der Waals surface area contributed by atoms with Crippen LogP contribution in [0.5, 0.6) is 11.5 Å². The largest absolute Gasteiger partial charge is 0.457 e. The predicted octanol–water partition coefficient (Wildman–Crippen LogP) is 10.9. The molecule has 1 atom stereocenters. The van der Waals surface area contributed by atoms with Gasteiger partial charge in [0.05, 0.1) is 5.41 Å². The minimum atomic E-state index is -0.458. The van der Waals surface area contributed by atoms with Crippen molar-refractivity contribution in [2.24, 2.45) is 0 Å². The second kappa shape index (κ2) is 8.24. The first-order chi connectivity index (χ1) is 21.3. The van der Waals surface area contributed by atoms with Crippen molar-refractivity contribution in [3.05, 3.63) is 168 Å². The van der Waals surface area contributed by atoms with Gasteiger partial charge in [-0.25, -0.2) is 0 Å². The standard InChI is InChI=1S/C41H24O2/c1-2-11-27(12-3-1)41-34-18-7-6-14-30(34)31-16-9-19-36(38(31)41)42-37-24-26(21-23-35(37)41)29-15-8-17-32-33-22-20-25-10-4-5-13-28(25)39(33)43-40(29)32/h1-24H. The molecule has 0 N–H and O–H groups in total. The molecule has 2 aliphatic rings. The van der Waals surface area contributed by atoms with Crippen molar-refractivity contribution in [1.29, 1.82) is 0 Å². The van der Waals surface area contributed by atoms with Crippen LogP contribution < -0.4 is 4.74 Å². The number of hydrogen-bond acceptors (Lipinski definition) is 2. The quantitative estimate of drug-likeness (QED) is 0.214. The van der Waals surface area contributed by atoms with Crippen LogP contribution in [0.4, 0.5) is 0 Å². The molecule has 43 heavy (non-hydrogen) atoms. The fourth-order valence-corrected chi connectivity index (χ4v) is 7.79. The van der Waals surface area contributed by atoms with Crippen LogP contribution >= 0.6 is 0 Å². The molecule has 0 saturated carbocycles. The Hall–Kier alpha value is -5.60. The van der Waals surface area contributed by atoms with Crippen LogP contribution in [0, 0.1) is 0 Å². The Morgan fingerprint density at radius 2 is 1.19 bits per heavy atom. The number of furan rings is 1. The molecule has 0 radical (unpaired) electrons. The van der Waals surface area contributed by atoms with Gasteiger partial charge in [0, 0.05) is 32.8 Å². The summed E-state index contributed by atoms with van der Waals surface area (Å²) in [5.41, 5.74) is 11.0. The summed E-state index contributed by atoms with van der Waals surface area (Å²) in [7, 11) is 0. The highest BCUT2D eigenvalue weighted by Gasteiger charge is 2.51. The Labute approximate surface area is 248 Å². The Morgan fingerprint density at radius 1 is 0.442 bits per heavy atom. The van der Waals surface area contributed by atoms with Crippen LogP contribution in [0.15, 0.2) is 150 Å². The smallest absolute Gasteiger partial charge is 0.143 e. The first kappa shape index (κ1) is 23.0. The summed E-state index contributed by atoms with van der Waals surface area (Å²) in [5.74, 6) is 1.79. The average Bonchev–Trinajstić information content (AvgIpc) is 3.61. The normalized spacial score (nSPS) is 16.2. The molecule has 0 saturated heterocycles. The second-order valence-corrected chi connectivity index (χ2v) is 11.6. The zero-order chi connectivity index (χ0) is 28.1. The Morgan fingerprint density at radius 3 is 2.14 bits per heavy atom. The van der Waals surface area contributed by atoms with Gasteiger partial charge >= 0.3 is 0 Å². The molecule has 1 unspecified atom stereocenters. The first-order valence-electron chi connectivity index (χ1n) is 14.8. The van der Waals surface area contributed by atoms with Gasteiger partial charge in [0.25, 0.3) is 0 Å². The number of fused-ring (bicyclic) bond motifs is 10. The van der Waals surface area contributed by atoms with Gasteiger partial charge in [0.2, 0.25) is 0 Å². The van der Waals surface area contributed by atoms with Gasteiger partial charge in [-0.1, -0.05) is 127 Å². The van der Waals surface area contributed by atoms with Gasteiger partial charge in [-0.3, -0.25) is 0 Å². The lowest BCUT2D eigenvalue weighted by Crippen LogP contribution is -2.31. The van der Waals surface area contributed by atoms with Crippen LogP contribution in [-0.2, 0) is 5.41 Å². The van der Waals surface area contributed by atoms with Crippen LogP contribution in [0.25, 0.3) is 55.0 Å². The number of para-hydroxylation sites is 1. The highest BCUT2D eigenvalue weighted by molar-refractivity contribution is 6.17. The molecule has 0 spiro atoms. The molecule has 0 fully saturated rings. The van der Waals surface area contributed by atoms with Gasteiger partial charge in [-0.15, -0.1) is 0 Å². The van der Waals surface area contributed by atoms with Gasteiger partial charge in [0.1, 0.15) is 22.7 Å². The van der Waals surface area contributed by atoms with E-state index >= 15 is 0 Å². The van der Waals surface area contributed by atoms with Crippen LogP contribution in [0.2, 0.25) is 0 Å². The van der Waals surface area contributed by atoms with Crippen LogP contribution in [-0.4, -0.2) is 0 Å². The van der Waals surface area contributed by atoms with E-state index in [0.717, 1.165) is 55.5 Å². The minimum Gasteiger partial charge on any atom is -0.457 e. The molecule has 0 amide bonds. The first-order valence-corrected chi connectivity index (χ1v) is 14.8. The Bertz CT molecular complexity index is 2430. The monoisotopic (exact) mass is 548 g/mol. The van der Waals surface area contributed by atoms with Crippen molar-refractivity contribution in [2.75, 3.05) is 0 Å². The van der Waals surface area contributed by atoms with Crippen molar-refractivity contribution in [3.8, 4) is 33.8 Å². The zero-order valence-corrected chi connectivity index (χ0v) is 23.2.